The van der Waals surface area contributed by atoms with Gasteiger partial charge in [0.2, 0.25) is 5.91 Å². The molecule has 0 spiro atoms. The van der Waals surface area contributed by atoms with Gasteiger partial charge < -0.3 is 15.5 Å². The highest BCUT2D eigenvalue weighted by atomic mass is 19.1. The molecule has 0 unspecified atom stereocenters. The molecule has 0 aromatic carbocycles. The second-order valence-electron chi connectivity index (χ2n) is 6.10. The first-order valence-corrected chi connectivity index (χ1v) is 7.68. The van der Waals surface area contributed by atoms with Gasteiger partial charge in [0.25, 0.3) is 0 Å². The molecule has 1 aromatic rings. The van der Waals surface area contributed by atoms with Gasteiger partial charge in [-0.2, -0.15) is 0 Å². The molecule has 2 N–H and O–H groups in total. The van der Waals surface area contributed by atoms with Gasteiger partial charge in [-0.3, -0.25) is 14.7 Å². The van der Waals surface area contributed by atoms with E-state index >= 15 is 0 Å². The first-order valence-electron chi connectivity index (χ1n) is 7.68. The van der Waals surface area contributed by atoms with Crippen LogP contribution in [0.15, 0.2) is 12.4 Å². The minimum atomic E-state index is -0.380. The Morgan fingerprint density at radius 2 is 1.95 bits per heavy atom. The molecule has 2 fully saturated rings. The third-order valence-electron chi connectivity index (χ3n) is 4.57. The van der Waals surface area contributed by atoms with Crippen LogP contribution < -0.4 is 10.6 Å². The smallest absolute Gasteiger partial charge is 0.237 e. The summed E-state index contributed by atoms with van der Waals surface area (Å²) in [6.45, 7) is 3.60. The van der Waals surface area contributed by atoms with Crippen LogP contribution in [0, 0.1) is 5.82 Å². The fourth-order valence-electron chi connectivity index (χ4n) is 3.37. The molecule has 7 heteroatoms. The predicted octanol–water partition coefficient (Wildman–Crippen LogP) is 0.546. The quantitative estimate of drug-likeness (QED) is 0.864. The third kappa shape index (κ3) is 2.85. The van der Waals surface area contributed by atoms with E-state index in [-0.39, 0.29) is 17.8 Å². The maximum Gasteiger partial charge on any atom is 0.237 e. The molecule has 6 nitrogen and oxygen atoms in total. The highest BCUT2D eigenvalue weighted by molar-refractivity contribution is 5.79. The van der Waals surface area contributed by atoms with Gasteiger partial charge >= 0.3 is 0 Å². The maximum atomic E-state index is 13.9. The Morgan fingerprint density at radius 1 is 1.23 bits per heavy atom. The largest absolute Gasteiger partial charge is 0.396 e. The molecule has 0 atom stereocenters. The van der Waals surface area contributed by atoms with E-state index in [1.165, 1.54) is 12.4 Å². The number of nitrogens with zero attached hydrogens (tertiary/aromatic N) is 4. The molecule has 0 radical (unpaired) electrons. The summed E-state index contributed by atoms with van der Waals surface area (Å²) in [6, 6.07) is 0.253. The fourth-order valence-corrected chi connectivity index (χ4v) is 3.37. The van der Waals surface area contributed by atoms with E-state index in [2.05, 4.69) is 4.98 Å². The number of rotatable bonds is 2. The van der Waals surface area contributed by atoms with Gasteiger partial charge in [-0.1, -0.05) is 0 Å². The Bertz CT molecular complexity index is 539. The average Bonchev–Trinajstić information content (AvgIpc) is 2.48. The zero-order valence-electron chi connectivity index (χ0n) is 12.8. The van der Waals surface area contributed by atoms with Gasteiger partial charge in [0.05, 0.1) is 30.3 Å². The van der Waals surface area contributed by atoms with Crippen LogP contribution in [-0.2, 0) is 4.79 Å². The van der Waals surface area contributed by atoms with Crippen molar-refractivity contribution in [3.05, 3.63) is 18.2 Å². The summed E-state index contributed by atoms with van der Waals surface area (Å²) in [7, 11) is 1.97. The summed E-state index contributed by atoms with van der Waals surface area (Å²) < 4.78 is 13.9. The maximum absolute atomic E-state index is 13.9. The number of carbonyl (C=O) groups excluding carboxylic acids is 1. The topological polar surface area (TPSA) is 65.7 Å². The van der Waals surface area contributed by atoms with Crippen LogP contribution in [-0.4, -0.2) is 66.5 Å². The van der Waals surface area contributed by atoms with Gasteiger partial charge in [0.1, 0.15) is 0 Å². The Kier molecular flexibility index (Phi) is 4.15. The van der Waals surface area contributed by atoms with E-state index in [4.69, 9.17) is 5.73 Å². The number of piperazine rings is 1. The molecular weight excluding hydrogens is 285 g/mol. The molecule has 2 aliphatic heterocycles. The summed E-state index contributed by atoms with van der Waals surface area (Å²) >= 11 is 0. The lowest BCUT2D eigenvalue weighted by molar-refractivity contribution is -0.138. The molecule has 120 valence electrons. The molecule has 3 heterocycles. The highest BCUT2D eigenvalue weighted by Crippen LogP contribution is 2.29. The monoisotopic (exact) mass is 307 g/mol. The van der Waals surface area contributed by atoms with E-state index in [0.29, 0.717) is 31.0 Å². The standard InChI is InChI=1S/C15H22FN5O/c1-19-6-7-21(14(22)10-19)11-2-4-20(5-3-11)15-12(16)8-18-9-13(15)17/h8-9,11H,2-7,10,17H2,1H3. The van der Waals surface area contributed by atoms with E-state index in [9.17, 15) is 9.18 Å². The van der Waals surface area contributed by atoms with Crippen molar-refractivity contribution in [2.24, 2.45) is 0 Å². The average molecular weight is 307 g/mol. The summed E-state index contributed by atoms with van der Waals surface area (Å²) in [5, 5.41) is 0. The van der Waals surface area contributed by atoms with E-state index in [1.54, 1.807) is 0 Å². The number of amides is 1. The zero-order chi connectivity index (χ0) is 15.7. The number of carbonyl (C=O) groups is 1. The second kappa shape index (κ2) is 6.08. The number of pyridine rings is 1. The number of likely N-dealkylation sites (N-methyl/N-ethyl adjacent to an activating group) is 1. The van der Waals surface area contributed by atoms with Crippen LogP contribution in [0.5, 0.6) is 0 Å². The van der Waals surface area contributed by atoms with E-state index in [1.807, 2.05) is 21.7 Å². The molecule has 2 saturated heterocycles. The lowest BCUT2D eigenvalue weighted by Gasteiger charge is -2.42. The molecule has 0 aliphatic carbocycles. The SMILES string of the molecule is CN1CCN(C2CCN(c3c(N)cncc3F)CC2)C(=O)C1. The van der Waals surface area contributed by atoms with Crippen molar-refractivity contribution in [3.8, 4) is 0 Å². The van der Waals surface area contributed by atoms with Gasteiger partial charge in [-0.05, 0) is 19.9 Å². The van der Waals surface area contributed by atoms with Crippen molar-refractivity contribution in [2.75, 3.05) is 50.4 Å². The summed E-state index contributed by atoms with van der Waals surface area (Å²) in [4.78, 5) is 21.9. The minimum Gasteiger partial charge on any atom is -0.396 e. The third-order valence-corrected chi connectivity index (χ3v) is 4.57. The Morgan fingerprint density at radius 3 is 2.59 bits per heavy atom. The summed E-state index contributed by atoms with van der Waals surface area (Å²) in [6.07, 6.45) is 4.36. The van der Waals surface area contributed by atoms with Crippen LogP contribution in [0.4, 0.5) is 15.8 Å². The second-order valence-corrected chi connectivity index (χ2v) is 6.10. The summed E-state index contributed by atoms with van der Waals surface area (Å²) in [5.74, 6) is -0.184. The predicted molar refractivity (Wildman–Crippen MR) is 83.1 cm³/mol. The lowest BCUT2D eigenvalue weighted by Crippen LogP contribution is -2.55. The Hall–Kier alpha value is -1.89. The summed E-state index contributed by atoms with van der Waals surface area (Å²) in [5.41, 5.74) is 6.67. The number of hydrogen-bond acceptors (Lipinski definition) is 5. The van der Waals surface area contributed by atoms with E-state index in [0.717, 1.165) is 25.9 Å². The normalized spacial score (nSPS) is 21.5. The number of piperidine rings is 1. The van der Waals surface area contributed by atoms with Crippen LogP contribution >= 0.6 is 0 Å². The molecule has 0 bridgehead atoms. The van der Waals surface area contributed by atoms with Crippen LogP contribution in [0.1, 0.15) is 12.8 Å². The van der Waals surface area contributed by atoms with Crippen molar-refractivity contribution < 1.29 is 9.18 Å². The highest BCUT2D eigenvalue weighted by Gasteiger charge is 2.31. The van der Waals surface area contributed by atoms with Gasteiger partial charge in [0.15, 0.2) is 5.82 Å². The molecule has 1 amide bonds. The van der Waals surface area contributed by atoms with E-state index < -0.39 is 0 Å². The number of nitrogen functional groups attached to an aromatic ring is 1. The Balaban J connectivity index is 1.64. The van der Waals surface area contributed by atoms with Crippen molar-refractivity contribution in [1.82, 2.24) is 14.8 Å². The molecule has 1 aromatic heterocycles. The molecule has 3 rings (SSSR count). The van der Waals surface area contributed by atoms with Crippen LogP contribution in [0.2, 0.25) is 0 Å². The molecule has 0 saturated carbocycles. The van der Waals surface area contributed by atoms with Crippen molar-refractivity contribution in [3.63, 3.8) is 0 Å². The number of aromatic nitrogens is 1. The van der Waals surface area contributed by atoms with Crippen molar-refractivity contribution in [1.29, 1.82) is 0 Å². The lowest BCUT2D eigenvalue weighted by atomic mass is 10.0. The number of anilines is 2. The number of nitrogens with two attached hydrogens (primary N) is 1. The number of hydrogen-bond donors (Lipinski definition) is 1. The first kappa shape index (κ1) is 15.0. The Labute approximate surface area is 129 Å². The fraction of sp³-hybridized carbons (Fsp3) is 0.600. The molecular formula is C15H22FN5O. The number of halogens is 1. The molecule has 2 aliphatic rings. The van der Waals surface area contributed by atoms with Crippen molar-refractivity contribution in [2.45, 2.75) is 18.9 Å². The van der Waals surface area contributed by atoms with Crippen LogP contribution in [0.3, 0.4) is 0 Å². The van der Waals surface area contributed by atoms with Crippen molar-refractivity contribution >= 4 is 17.3 Å². The van der Waals surface area contributed by atoms with Gasteiger partial charge in [0, 0.05) is 32.2 Å². The minimum absolute atomic E-state index is 0.196. The molecule has 22 heavy (non-hydrogen) atoms. The van der Waals surface area contributed by atoms with Gasteiger partial charge in [-0.15, -0.1) is 0 Å². The first-order chi connectivity index (χ1) is 10.6. The van der Waals surface area contributed by atoms with Gasteiger partial charge in [-0.25, -0.2) is 4.39 Å². The van der Waals surface area contributed by atoms with Crippen LogP contribution in [0.25, 0.3) is 0 Å². The zero-order valence-corrected chi connectivity index (χ0v) is 12.8.